The molecule has 14 heteroatoms. The summed E-state index contributed by atoms with van der Waals surface area (Å²) in [5.41, 5.74) is 0.354. The van der Waals surface area contributed by atoms with Gasteiger partial charge in [0.25, 0.3) is 12.2 Å². The number of anilines is 1. The molecule has 0 bridgehead atoms. The fourth-order valence-electron chi connectivity index (χ4n) is 3.70. The molecule has 6 atom stereocenters. The van der Waals surface area contributed by atoms with E-state index in [1.165, 1.54) is 13.2 Å². The van der Waals surface area contributed by atoms with Crippen molar-refractivity contribution in [3.05, 3.63) is 18.2 Å². The lowest BCUT2D eigenvalue weighted by Crippen LogP contribution is -2.64. The van der Waals surface area contributed by atoms with Crippen molar-refractivity contribution in [3.8, 4) is 11.5 Å². The van der Waals surface area contributed by atoms with Crippen LogP contribution in [0.1, 0.15) is 27.7 Å². The Labute approximate surface area is 211 Å². The van der Waals surface area contributed by atoms with E-state index in [9.17, 15) is 24.0 Å². The van der Waals surface area contributed by atoms with Gasteiger partial charge in [0.15, 0.2) is 24.1 Å². The fourth-order valence-corrected chi connectivity index (χ4v) is 3.70. The summed E-state index contributed by atoms with van der Waals surface area (Å²) in [6, 6.07) is 4.69. The van der Waals surface area contributed by atoms with Crippen molar-refractivity contribution in [2.24, 2.45) is 0 Å². The Balaban J connectivity index is 1.95. The highest BCUT2D eigenvalue weighted by Crippen LogP contribution is 2.35. The molecule has 2 aliphatic heterocycles. The maximum absolute atomic E-state index is 12.7. The van der Waals surface area contributed by atoms with Gasteiger partial charge in [-0.2, -0.15) is 0 Å². The van der Waals surface area contributed by atoms with E-state index in [-0.39, 0.29) is 5.75 Å². The number of hydrogen-bond donors (Lipinski definition) is 1. The van der Waals surface area contributed by atoms with Gasteiger partial charge in [-0.25, -0.2) is 0 Å². The zero-order valence-corrected chi connectivity index (χ0v) is 20.7. The number of amides is 1. The number of rotatable bonds is 8. The first kappa shape index (κ1) is 27.7. The lowest BCUT2D eigenvalue weighted by atomic mass is 9.98. The highest BCUT2D eigenvalue weighted by atomic mass is 16.8. The van der Waals surface area contributed by atoms with Gasteiger partial charge < -0.3 is 43.2 Å². The van der Waals surface area contributed by atoms with Crippen molar-refractivity contribution in [1.29, 1.82) is 0 Å². The number of methoxy groups -OCH3 is 1. The second kappa shape index (κ2) is 11.9. The van der Waals surface area contributed by atoms with Gasteiger partial charge in [0.1, 0.15) is 18.5 Å². The number of carbonyl (C=O) groups excluding carboxylic acids is 5. The van der Waals surface area contributed by atoms with Crippen LogP contribution >= 0.6 is 0 Å². The topological polar surface area (TPSA) is 171 Å². The van der Waals surface area contributed by atoms with Crippen molar-refractivity contribution in [3.63, 3.8) is 0 Å². The molecule has 3 rings (SSSR count). The van der Waals surface area contributed by atoms with Crippen LogP contribution in [-0.4, -0.2) is 80.5 Å². The van der Waals surface area contributed by atoms with Gasteiger partial charge in [-0.15, -0.1) is 0 Å². The quantitative estimate of drug-likeness (QED) is 0.367. The number of esters is 4. The number of benzene rings is 1. The van der Waals surface area contributed by atoms with Crippen LogP contribution in [0.2, 0.25) is 0 Å². The maximum atomic E-state index is 12.7. The first-order chi connectivity index (χ1) is 17.5. The summed E-state index contributed by atoms with van der Waals surface area (Å²) in [6.07, 6.45) is -8.78. The first-order valence-electron chi connectivity index (χ1n) is 11.1. The third kappa shape index (κ3) is 7.07. The van der Waals surface area contributed by atoms with Crippen LogP contribution in [0.5, 0.6) is 11.5 Å². The second-order valence-corrected chi connectivity index (χ2v) is 8.00. The van der Waals surface area contributed by atoms with E-state index < -0.39 is 73.4 Å². The molecule has 1 amide bonds. The molecular formula is C23H27NO13. The Hall–Kier alpha value is -3.91. The molecule has 0 saturated carbocycles. The number of carbonyl (C=O) groups is 5. The SMILES string of the molecule is COc1ccc2c(c1)OC(O[C@@H]1O[C@H](COC(C)=O)[C@@H](OC(C)=O)[C@H](OC(C)=O)[C@H]1OC(C)=O)C(=O)N2. The predicted molar refractivity (Wildman–Crippen MR) is 119 cm³/mol. The standard InChI is InChI=1S/C23H27NO13/c1-10(25)31-9-17-18(32-11(2)26)19(33-12(3)27)20(34-13(4)28)22(36-17)37-23-21(29)24-15-7-6-14(30-5)8-16(15)35-23/h6-8,17-20,22-23H,9H2,1-5H3,(H,24,29)/t17-,18-,19+,20-,22+,23?/m1/s1. The summed E-state index contributed by atoms with van der Waals surface area (Å²) in [6.45, 7) is 3.97. The molecule has 0 aromatic heterocycles. The maximum Gasteiger partial charge on any atom is 0.303 e. The number of ether oxygens (including phenoxy) is 8. The number of fused-ring (bicyclic) bond motifs is 1. The molecular weight excluding hydrogens is 498 g/mol. The molecule has 0 aliphatic carbocycles. The molecule has 1 aromatic rings. The third-order valence-corrected chi connectivity index (χ3v) is 5.10. The van der Waals surface area contributed by atoms with E-state index in [4.69, 9.17) is 37.9 Å². The minimum atomic E-state index is -1.61. The van der Waals surface area contributed by atoms with Crippen molar-refractivity contribution < 1.29 is 61.9 Å². The van der Waals surface area contributed by atoms with E-state index in [0.717, 1.165) is 27.7 Å². The lowest BCUT2D eigenvalue weighted by Gasteiger charge is -2.44. The van der Waals surface area contributed by atoms with E-state index in [0.29, 0.717) is 11.4 Å². The van der Waals surface area contributed by atoms with Crippen molar-refractivity contribution in [2.75, 3.05) is 19.0 Å². The van der Waals surface area contributed by atoms with Gasteiger partial charge in [-0.05, 0) is 12.1 Å². The average molecular weight is 525 g/mol. The highest BCUT2D eigenvalue weighted by Gasteiger charge is 2.54. The molecule has 1 saturated heterocycles. The summed E-state index contributed by atoms with van der Waals surface area (Å²) in [4.78, 5) is 59.8. The van der Waals surface area contributed by atoms with Crippen LogP contribution < -0.4 is 14.8 Å². The van der Waals surface area contributed by atoms with Gasteiger partial charge in [0, 0.05) is 33.8 Å². The molecule has 2 heterocycles. The van der Waals surface area contributed by atoms with E-state index in [1.54, 1.807) is 12.1 Å². The van der Waals surface area contributed by atoms with Crippen molar-refractivity contribution in [2.45, 2.75) is 64.7 Å². The van der Waals surface area contributed by atoms with Gasteiger partial charge in [-0.3, -0.25) is 24.0 Å². The minimum Gasteiger partial charge on any atom is -0.497 e. The predicted octanol–water partition coefficient (Wildman–Crippen LogP) is 0.452. The summed E-state index contributed by atoms with van der Waals surface area (Å²) in [7, 11) is 1.45. The van der Waals surface area contributed by atoms with E-state index >= 15 is 0 Å². The van der Waals surface area contributed by atoms with Gasteiger partial charge in [0.2, 0.25) is 6.29 Å². The molecule has 14 nitrogen and oxygen atoms in total. The highest BCUT2D eigenvalue weighted by molar-refractivity contribution is 5.97. The Morgan fingerprint density at radius 2 is 1.51 bits per heavy atom. The van der Waals surface area contributed by atoms with Crippen molar-refractivity contribution >= 4 is 35.5 Å². The largest absolute Gasteiger partial charge is 0.497 e. The summed E-state index contributed by atoms with van der Waals surface area (Å²) in [5.74, 6) is -3.13. The van der Waals surface area contributed by atoms with Gasteiger partial charge in [0.05, 0.1) is 12.8 Å². The van der Waals surface area contributed by atoms with Gasteiger partial charge >= 0.3 is 23.9 Å². The Morgan fingerprint density at radius 1 is 0.892 bits per heavy atom. The zero-order chi connectivity index (χ0) is 27.3. The molecule has 202 valence electrons. The van der Waals surface area contributed by atoms with Crippen LogP contribution in [0.3, 0.4) is 0 Å². The molecule has 1 N–H and O–H groups in total. The Kier molecular flexibility index (Phi) is 8.89. The van der Waals surface area contributed by atoms with E-state index in [1.807, 2.05) is 0 Å². The van der Waals surface area contributed by atoms with Crippen LogP contribution in [-0.2, 0) is 52.4 Å². The van der Waals surface area contributed by atoms with Crippen LogP contribution in [0, 0.1) is 0 Å². The molecule has 1 unspecified atom stereocenters. The number of nitrogens with one attached hydrogen (secondary N) is 1. The number of hydrogen-bond acceptors (Lipinski definition) is 13. The second-order valence-electron chi connectivity index (χ2n) is 8.00. The van der Waals surface area contributed by atoms with Gasteiger partial charge in [-0.1, -0.05) is 0 Å². The third-order valence-electron chi connectivity index (χ3n) is 5.10. The van der Waals surface area contributed by atoms with Crippen LogP contribution in [0.4, 0.5) is 5.69 Å². The van der Waals surface area contributed by atoms with Crippen LogP contribution in [0.15, 0.2) is 18.2 Å². The zero-order valence-electron chi connectivity index (χ0n) is 20.7. The van der Waals surface area contributed by atoms with Crippen LogP contribution in [0.25, 0.3) is 0 Å². The molecule has 1 fully saturated rings. The Bertz CT molecular complexity index is 1060. The fraction of sp³-hybridized carbons (Fsp3) is 0.522. The Morgan fingerprint density at radius 3 is 2.11 bits per heavy atom. The molecule has 1 aromatic carbocycles. The molecule has 0 spiro atoms. The molecule has 0 radical (unpaired) electrons. The molecule has 37 heavy (non-hydrogen) atoms. The summed E-state index contributed by atoms with van der Waals surface area (Å²) >= 11 is 0. The monoisotopic (exact) mass is 525 g/mol. The van der Waals surface area contributed by atoms with E-state index in [2.05, 4.69) is 5.32 Å². The summed E-state index contributed by atoms with van der Waals surface area (Å²) in [5, 5.41) is 2.60. The lowest BCUT2D eigenvalue weighted by molar-refractivity contribution is -0.327. The average Bonchev–Trinajstić information content (AvgIpc) is 2.80. The smallest absolute Gasteiger partial charge is 0.303 e. The first-order valence-corrected chi connectivity index (χ1v) is 11.1. The van der Waals surface area contributed by atoms with Crippen molar-refractivity contribution in [1.82, 2.24) is 0 Å². The normalized spacial score (nSPS) is 26.5. The minimum absolute atomic E-state index is 0.217. The molecule has 2 aliphatic rings. The summed E-state index contributed by atoms with van der Waals surface area (Å²) < 4.78 is 43.4.